The number of benzene rings is 2. The van der Waals surface area contributed by atoms with Gasteiger partial charge >= 0.3 is 0 Å². The highest BCUT2D eigenvalue weighted by Crippen LogP contribution is 2.36. The molecular weight excluding hydrogens is 357 g/mol. The maximum atomic E-state index is 13.6. The smallest absolute Gasteiger partial charge is 0.196 e. The Balaban J connectivity index is 2.05. The van der Waals surface area contributed by atoms with Gasteiger partial charge in [-0.2, -0.15) is 0 Å². The minimum absolute atomic E-state index is 0.170. The zero-order valence-corrected chi connectivity index (χ0v) is 13.3. The summed E-state index contributed by atoms with van der Waals surface area (Å²) in [6, 6.07) is 12.0. The summed E-state index contributed by atoms with van der Waals surface area (Å²) in [4.78, 5) is 6.17. The number of rotatable bonds is 2. The Kier molecular flexibility index (Phi) is 3.87. The van der Waals surface area contributed by atoms with Crippen molar-refractivity contribution in [3.05, 3.63) is 63.3 Å². The highest BCUT2D eigenvalue weighted by atomic mass is 79.9. The van der Waals surface area contributed by atoms with Crippen molar-refractivity contribution in [1.29, 1.82) is 0 Å². The summed E-state index contributed by atoms with van der Waals surface area (Å²) in [5.74, 6) is 0.0438. The van der Waals surface area contributed by atoms with E-state index in [9.17, 15) is 4.39 Å². The summed E-state index contributed by atoms with van der Waals surface area (Å²) in [6.07, 6.45) is 0. The van der Waals surface area contributed by atoms with Gasteiger partial charge in [-0.05, 0) is 51.8 Å². The zero-order valence-electron chi connectivity index (χ0n) is 10.9. The molecule has 0 amide bonds. The van der Waals surface area contributed by atoms with Crippen molar-refractivity contribution in [3.8, 4) is 0 Å². The number of hydrogen-bond acceptors (Lipinski definition) is 3. The Bertz CT molecular complexity index is 700. The van der Waals surface area contributed by atoms with Gasteiger partial charge in [0.05, 0.1) is 18.3 Å². The van der Waals surface area contributed by atoms with Crippen LogP contribution in [0.5, 0.6) is 0 Å². The first kappa shape index (κ1) is 14.4. The number of para-hydroxylation sites is 1. The highest BCUT2D eigenvalue weighted by molar-refractivity contribution is 9.10. The van der Waals surface area contributed by atoms with Crippen LogP contribution in [0.3, 0.4) is 0 Å². The summed E-state index contributed by atoms with van der Waals surface area (Å²) in [7, 11) is 0. The normalized spacial score (nSPS) is 18.0. The van der Waals surface area contributed by atoms with Gasteiger partial charge in [-0.3, -0.25) is 4.99 Å². The first-order chi connectivity index (χ1) is 10.1. The Hall–Kier alpha value is -1.59. The van der Waals surface area contributed by atoms with Gasteiger partial charge in [0.25, 0.3) is 0 Å². The first-order valence-electron chi connectivity index (χ1n) is 6.36. The molecule has 0 radical (unpaired) electrons. The van der Waals surface area contributed by atoms with Crippen LogP contribution in [0.2, 0.25) is 5.02 Å². The van der Waals surface area contributed by atoms with Gasteiger partial charge in [0.1, 0.15) is 5.82 Å². The van der Waals surface area contributed by atoms with E-state index in [0.29, 0.717) is 17.5 Å². The van der Waals surface area contributed by atoms with Crippen molar-refractivity contribution in [2.45, 2.75) is 6.04 Å². The minimum atomic E-state index is -0.366. The minimum Gasteiger partial charge on any atom is -0.369 e. The molecule has 1 heterocycles. The van der Waals surface area contributed by atoms with Crippen LogP contribution in [0.25, 0.3) is 0 Å². The molecule has 2 N–H and O–H groups in total. The molecule has 0 saturated heterocycles. The molecule has 2 aromatic rings. The van der Waals surface area contributed by atoms with Gasteiger partial charge in [0.15, 0.2) is 5.96 Å². The molecule has 1 atom stereocenters. The van der Waals surface area contributed by atoms with Gasteiger partial charge in [-0.15, -0.1) is 0 Å². The van der Waals surface area contributed by atoms with Crippen molar-refractivity contribution in [1.82, 2.24) is 0 Å². The molecule has 0 spiro atoms. The molecule has 108 valence electrons. The molecule has 1 aliphatic heterocycles. The molecule has 0 bridgehead atoms. The van der Waals surface area contributed by atoms with Gasteiger partial charge in [-0.25, -0.2) is 4.39 Å². The van der Waals surface area contributed by atoms with E-state index >= 15 is 0 Å². The SMILES string of the molecule is NC1=NCC(c2cc(F)cc(Cl)c2)N1c1ccccc1Br. The summed E-state index contributed by atoms with van der Waals surface area (Å²) < 4.78 is 14.5. The molecule has 0 aliphatic carbocycles. The molecule has 2 aromatic carbocycles. The predicted octanol–water partition coefficient (Wildman–Crippen LogP) is 4.12. The molecule has 0 fully saturated rings. The number of halogens is 3. The summed E-state index contributed by atoms with van der Waals surface area (Å²) in [6.45, 7) is 0.465. The highest BCUT2D eigenvalue weighted by Gasteiger charge is 2.30. The predicted molar refractivity (Wildman–Crippen MR) is 87.3 cm³/mol. The van der Waals surface area contributed by atoms with Crippen LogP contribution in [-0.4, -0.2) is 12.5 Å². The maximum Gasteiger partial charge on any atom is 0.196 e. The average Bonchev–Trinajstić information content (AvgIpc) is 2.80. The standard InChI is InChI=1S/C15H12BrClFN3/c16-12-3-1-2-4-13(12)21-14(8-20-15(21)19)9-5-10(17)7-11(18)6-9/h1-7,14H,8H2,(H2,19,20). The monoisotopic (exact) mass is 367 g/mol. The van der Waals surface area contributed by atoms with Gasteiger partial charge in [0, 0.05) is 9.50 Å². The van der Waals surface area contributed by atoms with Gasteiger partial charge in [-0.1, -0.05) is 23.7 Å². The Morgan fingerprint density at radius 2 is 2.05 bits per heavy atom. The van der Waals surface area contributed by atoms with Crippen molar-refractivity contribution in [3.63, 3.8) is 0 Å². The first-order valence-corrected chi connectivity index (χ1v) is 7.53. The lowest BCUT2D eigenvalue weighted by molar-refractivity contribution is 0.621. The molecule has 6 heteroatoms. The number of aliphatic imine (C=N–C) groups is 1. The number of anilines is 1. The molecule has 0 aromatic heterocycles. The van der Waals surface area contributed by atoms with E-state index in [2.05, 4.69) is 20.9 Å². The maximum absolute atomic E-state index is 13.6. The van der Waals surface area contributed by atoms with Crippen molar-refractivity contribution in [2.24, 2.45) is 10.7 Å². The lowest BCUT2D eigenvalue weighted by Crippen LogP contribution is -2.36. The molecule has 3 rings (SSSR count). The third kappa shape index (κ3) is 2.76. The van der Waals surface area contributed by atoms with Crippen molar-refractivity contribution < 1.29 is 4.39 Å². The molecule has 3 nitrogen and oxygen atoms in total. The van der Waals surface area contributed by atoms with E-state index < -0.39 is 0 Å². The fraction of sp³-hybridized carbons (Fsp3) is 0.133. The second kappa shape index (κ2) is 5.66. The summed E-state index contributed by atoms with van der Waals surface area (Å²) >= 11 is 9.46. The fourth-order valence-corrected chi connectivity index (χ4v) is 3.16. The van der Waals surface area contributed by atoms with E-state index in [0.717, 1.165) is 15.7 Å². The molecule has 1 aliphatic rings. The van der Waals surface area contributed by atoms with Crippen LogP contribution in [-0.2, 0) is 0 Å². The summed E-state index contributed by atoms with van der Waals surface area (Å²) in [5.41, 5.74) is 7.65. The molecular formula is C15H12BrClFN3. The quantitative estimate of drug-likeness (QED) is 0.866. The van der Waals surface area contributed by atoms with Crippen LogP contribution in [0.1, 0.15) is 11.6 Å². The average molecular weight is 369 g/mol. The zero-order chi connectivity index (χ0) is 15.0. The molecule has 21 heavy (non-hydrogen) atoms. The van der Waals surface area contributed by atoms with Gasteiger partial charge < -0.3 is 10.6 Å². The third-order valence-electron chi connectivity index (χ3n) is 3.37. The van der Waals surface area contributed by atoms with E-state index in [1.807, 2.05) is 29.2 Å². The van der Waals surface area contributed by atoms with Crippen LogP contribution in [0.15, 0.2) is 51.9 Å². The van der Waals surface area contributed by atoms with Crippen LogP contribution < -0.4 is 10.6 Å². The van der Waals surface area contributed by atoms with Crippen LogP contribution in [0, 0.1) is 5.82 Å². The van der Waals surface area contributed by atoms with Gasteiger partial charge in [0.2, 0.25) is 0 Å². The second-order valence-electron chi connectivity index (χ2n) is 4.74. The molecule has 1 unspecified atom stereocenters. The van der Waals surface area contributed by atoms with Crippen molar-refractivity contribution >= 4 is 39.2 Å². The van der Waals surface area contributed by atoms with E-state index in [-0.39, 0.29) is 11.9 Å². The third-order valence-corrected chi connectivity index (χ3v) is 4.26. The Morgan fingerprint density at radius 3 is 2.76 bits per heavy atom. The number of hydrogen-bond donors (Lipinski definition) is 1. The number of nitrogens with two attached hydrogens (primary N) is 1. The Morgan fingerprint density at radius 1 is 1.29 bits per heavy atom. The van der Waals surface area contributed by atoms with E-state index in [1.165, 1.54) is 12.1 Å². The topological polar surface area (TPSA) is 41.6 Å². The van der Waals surface area contributed by atoms with E-state index in [4.69, 9.17) is 17.3 Å². The fourth-order valence-electron chi connectivity index (χ4n) is 2.46. The lowest BCUT2D eigenvalue weighted by Gasteiger charge is -2.27. The number of guanidine groups is 1. The second-order valence-corrected chi connectivity index (χ2v) is 6.03. The van der Waals surface area contributed by atoms with Crippen molar-refractivity contribution in [2.75, 3.05) is 11.4 Å². The Labute approximate surface area is 135 Å². The lowest BCUT2D eigenvalue weighted by atomic mass is 10.1. The summed E-state index contributed by atoms with van der Waals surface area (Å²) in [5, 5.41) is 0.363. The largest absolute Gasteiger partial charge is 0.369 e. The number of nitrogens with zero attached hydrogens (tertiary/aromatic N) is 2. The molecule has 0 saturated carbocycles. The van der Waals surface area contributed by atoms with Crippen LogP contribution >= 0.6 is 27.5 Å². The van der Waals surface area contributed by atoms with E-state index in [1.54, 1.807) is 6.07 Å². The van der Waals surface area contributed by atoms with Crippen LogP contribution in [0.4, 0.5) is 10.1 Å².